The number of terminal acetylenes is 1. The van der Waals surface area contributed by atoms with Crippen molar-refractivity contribution >= 4 is 5.69 Å². The van der Waals surface area contributed by atoms with Gasteiger partial charge in [0, 0.05) is 5.69 Å². The summed E-state index contributed by atoms with van der Waals surface area (Å²) in [5, 5.41) is 0. The van der Waals surface area contributed by atoms with Gasteiger partial charge in [0.2, 0.25) is 0 Å². The third-order valence-corrected chi connectivity index (χ3v) is 2.49. The first kappa shape index (κ1) is 11.5. The van der Waals surface area contributed by atoms with E-state index in [2.05, 4.69) is 12.8 Å². The first-order valence-corrected chi connectivity index (χ1v) is 5.20. The molecule has 1 aliphatic rings. The SMILES string of the molecule is C#C.Nc1ccc(OC2CCCC2)cc1. The van der Waals surface area contributed by atoms with E-state index in [9.17, 15) is 0 Å². The van der Waals surface area contributed by atoms with Gasteiger partial charge in [-0.3, -0.25) is 0 Å². The maximum absolute atomic E-state index is 5.77. The molecule has 2 heteroatoms. The van der Waals surface area contributed by atoms with E-state index in [0.717, 1.165) is 11.4 Å². The summed E-state index contributed by atoms with van der Waals surface area (Å²) in [4.78, 5) is 0. The van der Waals surface area contributed by atoms with Crippen molar-refractivity contribution in [3.63, 3.8) is 0 Å². The predicted molar refractivity (Wildman–Crippen MR) is 63.6 cm³/mol. The molecule has 1 aliphatic carbocycles. The van der Waals surface area contributed by atoms with Gasteiger partial charge in [-0.05, 0) is 49.9 Å². The molecule has 0 amide bonds. The number of ether oxygens (including phenoxy) is 1. The maximum Gasteiger partial charge on any atom is 0.119 e. The number of rotatable bonds is 2. The van der Waals surface area contributed by atoms with Crippen LogP contribution >= 0.6 is 0 Å². The van der Waals surface area contributed by atoms with Crippen LogP contribution in [0.15, 0.2) is 24.3 Å². The molecule has 1 saturated carbocycles. The molecule has 0 atom stereocenters. The average molecular weight is 203 g/mol. The van der Waals surface area contributed by atoms with Gasteiger partial charge in [0.15, 0.2) is 0 Å². The highest BCUT2D eigenvalue weighted by Gasteiger charge is 2.15. The molecule has 0 bridgehead atoms. The molecule has 2 N–H and O–H groups in total. The topological polar surface area (TPSA) is 35.2 Å². The van der Waals surface area contributed by atoms with Crippen molar-refractivity contribution in [3.8, 4) is 18.6 Å². The highest BCUT2D eigenvalue weighted by atomic mass is 16.5. The lowest BCUT2D eigenvalue weighted by molar-refractivity contribution is 0.210. The van der Waals surface area contributed by atoms with Gasteiger partial charge in [-0.15, -0.1) is 12.8 Å². The molecule has 1 aromatic rings. The molecule has 0 radical (unpaired) electrons. The van der Waals surface area contributed by atoms with Crippen LogP contribution in [0.25, 0.3) is 0 Å². The molecular formula is C13H17NO. The number of hydrogen-bond acceptors (Lipinski definition) is 2. The molecular weight excluding hydrogens is 186 g/mol. The van der Waals surface area contributed by atoms with E-state index in [1.165, 1.54) is 25.7 Å². The molecule has 0 heterocycles. The fourth-order valence-electron chi connectivity index (χ4n) is 1.75. The first-order chi connectivity index (χ1) is 7.34. The van der Waals surface area contributed by atoms with Crippen molar-refractivity contribution in [2.75, 3.05) is 5.73 Å². The summed E-state index contributed by atoms with van der Waals surface area (Å²) in [6, 6.07) is 7.63. The molecule has 1 fully saturated rings. The Morgan fingerprint density at radius 1 is 1.07 bits per heavy atom. The van der Waals surface area contributed by atoms with E-state index in [1.54, 1.807) is 0 Å². The van der Waals surface area contributed by atoms with Gasteiger partial charge < -0.3 is 10.5 Å². The van der Waals surface area contributed by atoms with Crippen LogP contribution in [0.5, 0.6) is 5.75 Å². The minimum atomic E-state index is 0.434. The van der Waals surface area contributed by atoms with Crippen LogP contribution in [0, 0.1) is 12.8 Å². The maximum atomic E-state index is 5.77. The summed E-state index contributed by atoms with van der Waals surface area (Å²) in [6.45, 7) is 0. The largest absolute Gasteiger partial charge is 0.490 e. The molecule has 0 spiro atoms. The Labute approximate surface area is 91.4 Å². The summed E-state index contributed by atoms with van der Waals surface area (Å²) in [6.07, 6.45) is 13.4. The number of anilines is 1. The summed E-state index contributed by atoms with van der Waals surface area (Å²) in [7, 11) is 0. The summed E-state index contributed by atoms with van der Waals surface area (Å²) < 4.78 is 5.77. The van der Waals surface area contributed by atoms with Crippen molar-refractivity contribution in [2.24, 2.45) is 0 Å². The molecule has 0 unspecified atom stereocenters. The predicted octanol–water partition coefficient (Wildman–Crippen LogP) is 2.84. The molecule has 15 heavy (non-hydrogen) atoms. The first-order valence-electron chi connectivity index (χ1n) is 5.20. The molecule has 0 aliphatic heterocycles. The van der Waals surface area contributed by atoms with Gasteiger partial charge in [-0.25, -0.2) is 0 Å². The molecule has 80 valence electrons. The van der Waals surface area contributed by atoms with Crippen LogP contribution in [0.1, 0.15) is 25.7 Å². The lowest BCUT2D eigenvalue weighted by Gasteiger charge is -2.12. The number of benzene rings is 1. The van der Waals surface area contributed by atoms with Crippen molar-refractivity contribution < 1.29 is 4.74 Å². The normalized spacial score (nSPS) is 15.3. The van der Waals surface area contributed by atoms with E-state index in [-0.39, 0.29) is 0 Å². The van der Waals surface area contributed by atoms with E-state index in [0.29, 0.717) is 6.10 Å². The van der Waals surface area contributed by atoms with Crippen LogP contribution in [0.4, 0.5) is 5.69 Å². The number of nitrogens with two attached hydrogens (primary N) is 1. The van der Waals surface area contributed by atoms with Crippen LogP contribution < -0.4 is 10.5 Å². The van der Waals surface area contributed by atoms with Gasteiger partial charge in [-0.2, -0.15) is 0 Å². The minimum absolute atomic E-state index is 0.434. The second-order valence-corrected chi connectivity index (χ2v) is 3.59. The summed E-state index contributed by atoms with van der Waals surface area (Å²) in [5.74, 6) is 0.945. The van der Waals surface area contributed by atoms with Crippen molar-refractivity contribution in [1.29, 1.82) is 0 Å². The summed E-state index contributed by atoms with van der Waals surface area (Å²) in [5.41, 5.74) is 6.37. The second-order valence-electron chi connectivity index (χ2n) is 3.59. The third-order valence-electron chi connectivity index (χ3n) is 2.49. The molecule has 1 aromatic carbocycles. The Balaban J connectivity index is 0.000000531. The summed E-state index contributed by atoms with van der Waals surface area (Å²) >= 11 is 0. The lowest BCUT2D eigenvalue weighted by Crippen LogP contribution is -2.10. The van der Waals surface area contributed by atoms with E-state index in [1.807, 2.05) is 24.3 Å². The lowest BCUT2D eigenvalue weighted by atomic mass is 10.3. The quantitative estimate of drug-likeness (QED) is 0.592. The molecule has 2 nitrogen and oxygen atoms in total. The molecule has 0 saturated heterocycles. The Morgan fingerprint density at radius 3 is 2.13 bits per heavy atom. The van der Waals surface area contributed by atoms with Crippen molar-refractivity contribution in [3.05, 3.63) is 24.3 Å². The number of nitrogen functional groups attached to an aromatic ring is 1. The standard InChI is InChI=1S/C11H15NO.C2H2/c12-9-5-7-11(8-6-9)13-10-3-1-2-4-10;1-2/h5-8,10H,1-4,12H2;1-2H. The highest BCUT2D eigenvalue weighted by molar-refractivity contribution is 5.41. The smallest absolute Gasteiger partial charge is 0.119 e. The Morgan fingerprint density at radius 2 is 1.60 bits per heavy atom. The van der Waals surface area contributed by atoms with E-state index in [4.69, 9.17) is 10.5 Å². The minimum Gasteiger partial charge on any atom is -0.490 e. The van der Waals surface area contributed by atoms with Gasteiger partial charge in [0.05, 0.1) is 6.10 Å². The van der Waals surface area contributed by atoms with E-state index < -0.39 is 0 Å². The van der Waals surface area contributed by atoms with E-state index >= 15 is 0 Å². The zero-order valence-electron chi connectivity index (χ0n) is 8.86. The van der Waals surface area contributed by atoms with Crippen molar-refractivity contribution in [1.82, 2.24) is 0 Å². The van der Waals surface area contributed by atoms with Gasteiger partial charge in [-0.1, -0.05) is 0 Å². The monoisotopic (exact) mass is 203 g/mol. The fraction of sp³-hybridized carbons (Fsp3) is 0.385. The van der Waals surface area contributed by atoms with Crippen LogP contribution in [0.3, 0.4) is 0 Å². The Bertz CT molecular complexity index is 296. The van der Waals surface area contributed by atoms with Crippen LogP contribution in [-0.4, -0.2) is 6.10 Å². The average Bonchev–Trinajstić information content (AvgIpc) is 2.77. The van der Waals surface area contributed by atoms with Gasteiger partial charge in [0.25, 0.3) is 0 Å². The molecule has 0 aromatic heterocycles. The number of hydrogen-bond donors (Lipinski definition) is 1. The highest BCUT2D eigenvalue weighted by Crippen LogP contribution is 2.24. The zero-order valence-corrected chi connectivity index (χ0v) is 8.86. The second kappa shape index (κ2) is 5.98. The van der Waals surface area contributed by atoms with Gasteiger partial charge in [0.1, 0.15) is 5.75 Å². The Hall–Kier alpha value is -1.62. The third kappa shape index (κ3) is 3.55. The van der Waals surface area contributed by atoms with Gasteiger partial charge >= 0.3 is 0 Å². The molecule has 2 rings (SSSR count). The zero-order chi connectivity index (χ0) is 11.1. The van der Waals surface area contributed by atoms with Crippen molar-refractivity contribution in [2.45, 2.75) is 31.8 Å². The Kier molecular flexibility index (Phi) is 4.56. The van der Waals surface area contributed by atoms with Crippen LogP contribution in [-0.2, 0) is 0 Å². The van der Waals surface area contributed by atoms with Crippen LogP contribution in [0.2, 0.25) is 0 Å². The fourth-order valence-corrected chi connectivity index (χ4v) is 1.75.